The van der Waals surface area contributed by atoms with Crippen LogP contribution in [0.4, 0.5) is 5.69 Å². The van der Waals surface area contributed by atoms with Gasteiger partial charge < -0.3 is 10.1 Å². The van der Waals surface area contributed by atoms with Crippen molar-refractivity contribution >= 4 is 28.5 Å². The summed E-state index contributed by atoms with van der Waals surface area (Å²) in [5.74, 6) is 0.0272. The minimum absolute atomic E-state index is 0.0233. The summed E-state index contributed by atoms with van der Waals surface area (Å²) in [5.41, 5.74) is 2.30. The Bertz CT molecular complexity index is 1140. The number of amides is 1. The zero-order valence-corrected chi connectivity index (χ0v) is 18.1. The Labute approximate surface area is 181 Å². The third-order valence-corrected chi connectivity index (χ3v) is 5.37. The molecule has 1 atom stereocenters. The number of benzene rings is 2. The molecule has 7 heteroatoms. The predicted octanol–water partition coefficient (Wildman–Crippen LogP) is 3.56. The van der Waals surface area contributed by atoms with Gasteiger partial charge in [-0.25, -0.2) is 4.98 Å². The van der Waals surface area contributed by atoms with Crippen LogP contribution in [-0.2, 0) is 27.8 Å². The van der Waals surface area contributed by atoms with Crippen LogP contribution in [0.3, 0.4) is 0 Å². The van der Waals surface area contributed by atoms with Crippen molar-refractivity contribution in [3.63, 3.8) is 0 Å². The quantitative estimate of drug-likeness (QED) is 0.562. The molecule has 0 aliphatic carbocycles. The molecule has 0 bridgehead atoms. The molecular weight excluding hydrogens is 394 g/mol. The number of esters is 1. The normalized spacial score (nSPS) is 11.8. The van der Waals surface area contributed by atoms with Gasteiger partial charge in [-0.3, -0.25) is 19.0 Å². The average molecular weight is 421 g/mol. The van der Waals surface area contributed by atoms with Crippen molar-refractivity contribution in [1.82, 2.24) is 9.55 Å². The maximum atomic E-state index is 12.4. The van der Waals surface area contributed by atoms with Crippen LogP contribution in [0.25, 0.3) is 10.9 Å². The van der Waals surface area contributed by atoms with E-state index in [1.54, 1.807) is 25.2 Å². The maximum Gasteiger partial charge on any atom is 0.306 e. The molecule has 31 heavy (non-hydrogen) atoms. The van der Waals surface area contributed by atoms with Crippen LogP contribution in [0.1, 0.15) is 44.0 Å². The zero-order chi connectivity index (χ0) is 22.4. The Morgan fingerprint density at radius 1 is 1.13 bits per heavy atom. The van der Waals surface area contributed by atoms with Crippen molar-refractivity contribution in [3.8, 4) is 0 Å². The first-order valence-electron chi connectivity index (χ1n) is 10.4. The minimum atomic E-state index is -0.523. The van der Waals surface area contributed by atoms with Gasteiger partial charge in [0.05, 0.1) is 17.3 Å². The summed E-state index contributed by atoms with van der Waals surface area (Å²) in [6, 6.07) is 14.7. The van der Waals surface area contributed by atoms with Gasteiger partial charge in [0, 0.05) is 19.2 Å². The van der Waals surface area contributed by atoms with Gasteiger partial charge in [0.15, 0.2) is 6.61 Å². The minimum Gasteiger partial charge on any atom is -0.456 e. The van der Waals surface area contributed by atoms with Gasteiger partial charge in [-0.2, -0.15) is 0 Å². The van der Waals surface area contributed by atoms with E-state index in [0.29, 0.717) is 28.3 Å². The van der Waals surface area contributed by atoms with E-state index >= 15 is 0 Å². The fourth-order valence-corrected chi connectivity index (χ4v) is 3.25. The molecule has 3 aromatic rings. The highest BCUT2D eigenvalue weighted by atomic mass is 16.5. The molecule has 1 amide bonds. The van der Waals surface area contributed by atoms with Gasteiger partial charge in [-0.05, 0) is 42.2 Å². The number of hydrogen-bond donors (Lipinski definition) is 1. The van der Waals surface area contributed by atoms with Crippen molar-refractivity contribution in [2.24, 2.45) is 7.05 Å². The second-order valence-electron chi connectivity index (χ2n) is 7.55. The Morgan fingerprint density at radius 3 is 2.55 bits per heavy atom. The van der Waals surface area contributed by atoms with Gasteiger partial charge in [-0.15, -0.1) is 0 Å². The highest BCUT2D eigenvalue weighted by Gasteiger charge is 2.12. The van der Waals surface area contributed by atoms with Crippen LogP contribution in [0.2, 0.25) is 0 Å². The van der Waals surface area contributed by atoms with Crippen molar-refractivity contribution in [1.29, 1.82) is 0 Å². The standard InChI is InChI=1S/C24H27N3O4/c1-4-16(2)17-9-11-18(12-10-17)25-22(28)15-31-23(29)14-13-21-26-20-8-6-5-7-19(20)24(30)27(21)3/h5-12,16H,4,13-15H2,1-3H3,(H,25,28)/t16-/m1/s1. The number of anilines is 1. The molecule has 7 nitrogen and oxygen atoms in total. The molecule has 0 aliphatic rings. The van der Waals surface area contributed by atoms with E-state index in [1.807, 2.05) is 30.3 Å². The molecule has 0 fully saturated rings. The number of fused-ring (bicyclic) bond motifs is 1. The Hall–Kier alpha value is -3.48. The highest BCUT2D eigenvalue weighted by molar-refractivity contribution is 5.92. The summed E-state index contributed by atoms with van der Waals surface area (Å²) in [7, 11) is 1.63. The van der Waals surface area contributed by atoms with E-state index < -0.39 is 11.9 Å². The number of carbonyl (C=O) groups excluding carboxylic acids is 2. The second kappa shape index (κ2) is 10.0. The average Bonchev–Trinajstić information content (AvgIpc) is 2.79. The molecule has 0 saturated carbocycles. The fourth-order valence-electron chi connectivity index (χ4n) is 3.25. The number of hydrogen-bond acceptors (Lipinski definition) is 5. The molecule has 1 aromatic heterocycles. The van der Waals surface area contributed by atoms with Crippen molar-refractivity contribution < 1.29 is 14.3 Å². The number of rotatable bonds is 8. The van der Waals surface area contributed by atoms with Crippen molar-refractivity contribution in [3.05, 3.63) is 70.3 Å². The third kappa shape index (κ3) is 5.57. The Kier molecular flexibility index (Phi) is 7.18. The van der Waals surface area contributed by atoms with Crippen LogP contribution < -0.4 is 10.9 Å². The van der Waals surface area contributed by atoms with Crippen LogP contribution in [0, 0.1) is 0 Å². The first kappa shape index (κ1) is 22.2. The van der Waals surface area contributed by atoms with Crippen LogP contribution in [-0.4, -0.2) is 28.0 Å². The molecule has 0 saturated heterocycles. The largest absolute Gasteiger partial charge is 0.456 e. The van der Waals surface area contributed by atoms with Gasteiger partial charge in [0.2, 0.25) is 0 Å². The van der Waals surface area contributed by atoms with E-state index in [1.165, 1.54) is 10.1 Å². The Balaban J connectivity index is 1.50. The van der Waals surface area contributed by atoms with E-state index in [-0.39, 0.29) is 25.0 Å². The molecule has 0 spiro atoms. The lowest BCUT2D eigenvalue weighted by Crippen LogP contribution is -2.24. The van der Waals surface area contributed by atoms with Crippen molar-refractivity contribution in [2.45, 2.75) is 39.0 Å². The molecular formula is C24H27N3O4. The molecule has 2 aromatic carbocycles. The first-order chi connectivity index (χ1) is 14.9. The number of aromatic nitrogens is 2. The lowest BCUT2D eigenvalue weighted by atomic mass is 9.99. The summed E-state index contributed by atoms with van der Waals surface area (Å²) >= 11 is 0. The van der Waals surface area contributed by atoms with Crippen LogP contribution in [0.5, 0.6) is 0 Å². The number of carbonyl (C=O) groups is 2. The summed E-state index contributed by atoms with van der Waals surface area (Å²) < 4.78 is 6.50. The topological polar surface area (TPSA) is 90.3 Å². The first-order valence-corrected chi connectivity index (χ1v) is 10.4. The fraction of sp³-hybridized carbons (Fsp3) is 0.333. The molecule has 0 aliphatic heterocycles. The zero-order valence-electron chi connectivity index (χ0n) is 18.1. The van der Waals surface area contributed by atoms with E-state index in [2.05, 4.69) is 24.1 Å². The predicted molar refractivity (Wildman–Crippen MR) is 120 cm³/mol. The van der Waals surface area contributed by atoms with Gasteiger partial charge in [0.1, 0.15) is 5.82 Å². The lowest BCUT2D eigenvalue weighted by molar-refractivity contribution is -0.147. The second-order valence-corrected chi connectivity index (χ2v) is 7.55. The van der Waals surface area contributed by atoms with Crippen LogP contribution >= 0.6 is 0 Å². The monoisotopic (exact) mass is 421 g/mol. The van der Waals surface area contributed by atoms with E-state index in [0.717, 1.165) is 6.42 Å². The lowest BCUT2D eigenvalue weighted by Gasteiger charge is -2.11. The number of nitrogens with one attached hydrogen (secondary N) is 1. The molecule has 0 unspecified atom stereocenters. The summed E-state index contributed by atoms with van der Waals surface area (Å²) in [6.07, 6.45) is 1.31. The maximum absolute atomic E-state index is 12.4. The molecule has 1 heterocycles. The molecule has 1 N–H and O–H groups in total. The summed E-state index contributed by atoms with van der Waals surface area (Å²) in [6.45, 7) is 3.92. The van der Waals surface area contributed by atoms with Gasteiger partial charge in [0.25, 0.3) is 11.5 Å². The highest BCUT2D eigenvalue weighted by Crippen LogP contribution is 2.20. The summed E-state index contributed by atoms with van der Waals surface area (Å²) in [4.78, 5) is 41.0. The third-order valence-electron chi connectivity index (χ3n) is 5.37. The SMILES string of the molecule is CC[C@@H](C)c1ccc(NC(=O)COC(=O)CCc2nc3ccccc3c(=O)n2C)cc1. The van der Waals surface area contributed by atoms with Gasteiger partial charge >= 0.3 is 5.97 Å². The number of nitrogens with zero attached hydrogens (tertiary/aromatic N) is 2. The van der Waals surface area contributed by atoms with Crippen molar-refractivity contribution in [2.75, 3.05) is 11.9 Å². The summed E-state index contributed by atoms with van der Waals surface area (Å²) in [5, 5.41) is 3.25. The number of aryl methyl sites for hydroxylation is 1. The van der Waals surface area contributed by atoms with E-state index in [9.17, 15) is 14.4 Å². The van der Waals surface area contributed by atoms with Gasteiger partial charge in [-0.1, -0.05) is 38.1 Å². The number of ether oxygens (including phenoxy) is 1. The molecule has 162 valence electrons. The molecule has 3 rings (SSSR count). The Morgan fingerprint density at radius 2 is 1.84 bits per heavy atom. The van der Waals surface area contributed by atoms with E-state index in [4.69, 9.17) is 4.74 Å². The smallest absolute Gasteiger partial charge is 0.306 e. The number of para-hydroxylation sites is 1. The molecule has 0 radical (unpaired) electrons. The van der Waals surface area contributed by atoms with Crippen LogP contribution in [0.15, 0.2) is 53.3 Å².